The van der Waals surface area contributed by atoms with Crippen LogP contribution in [-0.4, -0.2) is 48.9 Å². The summed E-state index contributed by atoms with van der Waals surface area (Å²) in [4.78, 5) is 11.5. The van der Waals surface area contributed by atoms with Crippen LogP contribution in [0.2, 0.25) is 0 Å². The van der Waals surface area contributed by atoms with Gasteiger partial charge in [0.05, 0.1) is 18.8 Å². The van der Waals surface area contributed by atoms with E-state index in [9.17, 15) is 30.8 Å². The van der Waals surface area contributed by atoms with Gasteiger partial charge in [0.15, 0.2) is 0 Å². The van der Waals surface area contributed by atoms with Gasteiger partial charge in [0.1, 0.15) is 5.60 Å². The number of carbonyl (C=O) groups excluding carboxylic acids is 1. The molecule has 0 aliphatic heterocycles. The van der Waals surface area contributed by atoms with Crippen molar-refractivity contribution in [1.29, 1.82) is 0 Å². The molecule has 0 aliphatic rings. The Hall–Kier alpha value is -1.20. The third-order valence-electron chi connectivity index (χ3n) is 2.27. The molecule has 0 radical (unpaired) electrons. The van der Waals surface area contributed by atoms with Gasteiger partial charge in [-0.05, 0) is 20.8 Å². The molecule has 0 saturated heterocycles. The molecule has 0 fully saturated rings. The Labute approximate surface area is 131 Å². The van der Waals surface area contributed by atoms with Gasteiger partial charge in [0.25, 0.3) is 0 Å². The third-order valence-corrected chi connectivity index (χ3v) is 3.22. The highest BCUT2D eigenvalue weighted by Gasteiger charge is 2.65. The summed E-state index contributed by atoms with van der Waals surface area (Å²) in [5, 5.41) is -5.65. The standard InChI is InChI=1S/C12H18F4O6S/c1-8(9(17)22-10(2,3)4)7-21-6-5-11(13,14)12(15,16)23(18,19)20/h1,5-7H2,2-4H3,(H,18,19,20). The number of carbonyl (C=O) groups is 1. The van der Waals surface area contributed by atoms with Gasteiger partial charge in [-0.15, -0.1) is 0 Å². The fourth-order valence-corrected chi connectivity index (χ4v) is 1.62. The average Bonchev–Trinajstić information content (AvgIpc) is 2.30. The minimum absolute atomic E-state index is 0.232. The van der Waals surface area contributed by atoms with Crippen LogP contribution in [-0.2, 0) is 24.4 Å². The molecule has 136 valence electrons. The molecule has 0 amide bonds. The number of rotatable bonds is 8. The molecular formula is C12H18F4O6S. The number of ether oxygens (including phenoxy) is 2. The largest absolute Gasteiger partial charge is 0.457 e. The van der Waals surface area contributed by atoms with E-state index in [0.717, 1.165) is 0 Å². The van der Waals surface area contributed by atoms with Crippen molar-refractivity contribution in [3.05, 3.63) is 12.2 Å². The van der Waals surface area contributed by atoms with Crippen molar-refractivity contribution in [2.45, 2.75) is 44.0 Å². The monoisotopic (exact) mass is 366 g/mol. The lowest BCUT2D eigenvalue weighted by atomic mass is 10.2. The molecule has 1 N–H and O–H groups in total. The lowest BCUT2D eigenvalue weighted by Crippen LogP contribution is -2.47. The molecule has 0 rings (SSSR count). The van der Waals surface area contributed by atoms with Crippen molar-refractivity contribution >= 4 is 16.1 Å². The van der Waals surface area contributed by atoms with Crippen LogP contribution < -0.4 is 0 Å². The van der Waals surface area contributed by atoms with Gasteiger partial charge in [0.2, 0.25) is 0 Å². The van der Waals surface area contributed by atoms with Crippen molar-refractivity contribution in [3.63, 3.8) is 0 Å². The molecule has 0 aromatic heterocycles. The van der Waals surface area contributed by atoms with Crippen molar-refractivity contribution in [1.82, 2.24) is 0 Å². The van der Waals surface area contributed by atoms with E-state index < -0.39 is 52.5 Å². The van der Waals surface area contributed by atoms with Crippen molar-refractivity contribution in [2.24, 2.45) is 0 Å². The summed E-state index contributed by atoms with van der Waals surface area (Å²) in [6, 6.07) is 0. The number of hydrogen-bond donors (Lipinski definition) is 1. The topological polar surface area (TPSA) is 89.9 Å². The maximum atomic E-state index is 13.1. The molecule has 0 heterocycles. The van der Waals surface area contributed by atoms with E-state index in [-0.39, 0.29) is 5.57 Å². The van der Waals surface area contributed by atoms with E-state index in [4.69, 9.17) is 9.29 Å². The fourth-order valence-electron chi connectivity index (χ4n) is 1.14. The van der Waals surface area contributed by atoms with Gasteiger partial charge in [-0.3, -0.25) is 4.55 Å². The molecule has 11 heteroatoms. The molecule has 6 nitrogen and oxygen atoms in total. The van der Waals surface area contributed by atoms with Crippen LogP contribution in [0.4, 0.5) is 17.6 Å². The number of halogens is 4. The predicted octanol–water partition coefficient (Wildman–Crippen LogP) is 2.41. The summed E-state index contributed by atoms with van der Waals surface area (Å²) in [7, 11) is -6.28. The van der Waals surface area contributed by atoms with Gasteiger partial charge in [0, 0.05) is 6.42 Å². The summed E-state index contributed by atoms with van der Waals surface area (Å²) >= 11 is 0. The third kappa shape index (κ3) is 6.43. The van der Waals surface area contributed by atoms with Crippen LogP contribution in [0.25, 0.3) is 0 Å². The van der Waals surface area contributed by atoms with Gasteiger partial charge in [-0.2, -0.15) is 26.0 Å². The molecule has 0 saturated carbocycles. The van der Waals surface area contributed by atoms with Crippen LogP contribution >= 0.6 is 0 Å². The summed E-state index contributed by atoms with van der Waals surface area (Å²) in [5.41, 5.74) is -1.05. The Kier molecular flexibility index (Phi) is 6.77. The molecular weight excluding hydrogens is 348 g/mol. The normalized spacial score (nSPS) is 13.7. The van der Waals surface area contributed by atoms with E-state index >= 15 is 0 Å². The smallest absolute Gasteiger partial charge is 0.431 e. The molecule has 0 unspecified atom stereocenters. The second-order valence-electron chi connectivity index (χ2n) is 5.60. The zero-order valence-corrected chi connectivity index (χ0v) is 13.6. The predicted molar refractivity (Wildman–Crippen MR) is 71.9 cm³/mol. The first kappa shape index (κ1) is 21.8. The highest BCUT2D eigenvalue weighted by atomic mass is 32.2. The molecule has 0 aliphatic carbocycles. The molecule has 0 atom stereocenters. The first-order valence-corrected chi connectivity index (χ1v) is 7.67. The minimum atomic E-state index is -6.28. The van der Waals surface area contributed by atoms with Gasteiger partial charge >= 0.3 is 27.3 Å². The minimum Gasteiger partial charge on any atom is -0.457 e. The number of esters is 1. The Morgan fingerprint density at radius 2 is 1.65 bits per heavy atom. The molecule has 0 spiro atoms. The highest BCUT2D eigenvalue weighted by Crippen LogP contribution is 2.40. The van der Waals surface area contributed by atoms with E-state index in [1.165, 1.54) is 0 Å². The Morgan fingerprint density at radius 1 is 1.17 bits per heavy atom. The van der Waals surface area contributed by atoms with Crippen LogP contribution in [0, 0.1) is 0 Å². The molecule has 23 heavy (non-hydrogen) atoms. The van der Waals surface area contributed by atoms with E-state index in [1.54, 1.807) is 20.8 Å². The average molecular weight is 366 g/mol. The first-order chi connectivity index (χ1) is 10.0. The van der Waals surface area contributed by atoms with Gasteiger partial charge in [-0.1, -0.05) is 6.58 Å². The van der Waals surface area contributed by atoms with Gasteiger partial charge < -0.3 is 9.47 Å². The van der Waals surface area contributed by atoms with E-state index in [1.807, 2.05) is 0 Å². The lowest BCUT2D eigenvalue weighted by molar-refractivity contribution is -0.170. The zero-order valence-electron chi connectivity index (χ0n) is 12.7. The van der Waals surface area contributed by atoms with Crippen LogP contribution in [0.1, 0.15) is 27.2 Å². The summed E-state index contributed by atoms with van der Waals surface area (Å²) < 4.78 is 90.1. The summed E-state index contributed by atoms with van der Waals surface area (Å²) in [6.07, 6.45) is -1.69. The SMILES string of the molecule is C=C(COCCC(F)(F)C(F)(F)S(=O)(=O)O)C(=O)OC(C)(C)C. The molecule has 0 aromatic carbocycles. The maximum absolute atomic E-state index is 13.1. The van der Waals surface area contributed by atoms with Crippen molar-refractivity contribution in [3.8, 4) is 0 Å². The summed E-state index contributed by atoms with van der Waals surface area (Å²) in [6.45, 7) is 6.46. The second kappa shape index (κ2) is 7.14. The molecule has 0 bridgehead atoms. The van der Waals surface area contributed by atoms with Crippen LogP contribution in [0.15, 0.2) is 12.2 Å². The zero-order chi connectivity index (χ0) is 18.7. The highest BCUT2D eigenvalue weighted by molar-refractivity contribution is 7.87. The first-order valence-electron chi connectivity index (χ1n) is 6.23. The van der Waals surface area contributed by atoms with Crippen molar-refractivity contribution < 1.29 is 44.8 Å². The Balaban J connectivity index is 4.47. The quantitative estimate of drug-likeness (QED) is 0.233. The maximum Gasteiger partial charge on any atom is 0.431 e. The second-order valence-corrected chi connectivity index (χ2v) is 7.07. The fraction of sp³-hybridized carbons (Fsp3) is 0.750. The van der Waals surface area contributed by atoms with Crippen LogP contribution in [0.3, 0.4) is 0 Å². The Morgan fingerprint density at radius 3 is 2.04 bits per heavy atom. The lowest BCUT2D eigenvalue weighted by Gasteiger charge is -2.23. The number of alkyl halides is 4. The Bertz CT molecular complexity index is 550. The van der Waals surface area contributed by atoms with Crippen molar-refractivity contribution in [2.75, 3.05) is 13.2 Å². The van der Waals surface area contributed by atoms with E-state index in [0.29, 0.717) is 0 Å². The van der Waals surface area contributed by atoms with Crippen LogP contribution in [0.5, 0.6) is 0 Å². The number of hydrogen-bond acceptors (Lipinski definition) is 5. The van der Waals surface area contributed by atoms with E-state index in [2.05, 4.69) is 11.3 Å². The molecule has 0 aromatic rings. The van der Waals surface area contributed by atoms with Gasteiger partial charge in [-0.25, -0.2) is 4.79 Å². The summed E-state index contributed by atoms with van der Waals surface area (Å²) in [5.74, 6) is -5.90.